The summed E-state index contributed by atoms with van der Waals surface area (Å²) >= 11 is 0. The maximum Gasteiger partial charge on any atom is 0.126 e. The molecule has 0 bridgehead atoms. The third-order valence-corrected chi connectivity index (χ3v) is 2.30. The summed E-state index contributed by atoms with van der Waals surface area (Å²) in [6.45, 7) is 1.90. The lowest BCUT2D eigenvalue weighted by atomic mass is 10.1. The molecule has 15 heavy (non-hydrogen) atoms. The van der Waals surface area contributed by atoms with E-state index >= 15 is 0 Å². The topological polar surface area (TPSA) is 38.9 Å². The van der Waals surface area contributed by atoms with Gasteiger partial charge in [-0.1, -0.05) is 12.1 Å². The van der Waals surface area contributed by atoms with Crippen LogP contribution in [-0.4, -0.2) is 4.98 Å². The van der Waals surface area contributed by atoms with Crippen molar-refractivity contribution in [3.8, 4) is 11.1 Å². The lowest BCUT2D eigenvalue weighted by Crippen LogP contribution is -1.93. The summed E-state index contributed by atoms with van der Waals surface area (Å²) in [5.74, 6) is 0.291. The van der Waals surface area contributed by atoms with Gasteiger partial charge in [0.05, 0.1) is 0 Å². The monoisotopic (exact) mass is 202 g/mol. The number of hydrogen-bond donors (Lipinski definition) is 1. The molecule has 0 atom stereocenters. The Morgan fingerprint density at radius 2 is 1.80 bits per heavy atom. The Morgan fingerprint density at radius 3 is 2.40 bits per heavy atom. The Labute approximate surface area is 87.6 Å². The van der Waals surface area contributed by atoms with Crippen LogP contribution >= 0.6 is 0 Å². The molecule has 0 saturated carbocycles. The molecule has 76 valence electrons. The molecule has 0 fully saturated rings. The van der Waals surface area contributed by atoms with E-state index in [9.17, 15) is 4.39 Å². The molecule has 1 aromatic carbocycles. The quantitative estimate of drug-likeness (QED) is 0.772. The van der Waals surface area contributed by atoms with E-state index in [2.05, 4.69) is 4.98 Å². The number of nitrogens with zero attached hydrogens (tertiary/aromatic N) is 1. The number of nitrogen functional groups attached to an aromatic ring is 1. The Kier molecular flexibility index (Phi) is 2.37. The first-order valence-electron chi connectivity index (χ1n) is 4.65. The molecule has 0 aliphatic carbocycles. The van der Waals surface area contributed by atoms with E-state index in [-0.39, 0.29) is 5.82 Å². The predicted octanol–water partition coefficient (Wildman–Crippen LogP) is 2.78. The Bertz CT molecular complexity index is 477. The minimum Gasteiger partial charge on any atom is -0.383 e. The highest BCUT2D eigenvalue weighted by atomic mass is 19.1. The van der Waals surface area contributed by atoms with Crippen molar-refractivity contribution in [1.82, 2.24) is 4.98 Å². The molecule has 2 nitrogen and oxygen atoms in total. The molecule has 0 spiro atoms. The molecule has 2 aromatic rings. The van der Waals surface area contributed by atoms with Crippen LogP contribution in [0.5, 0.6) is 0 Å². The second-order valence-corrected chi connectivity index (χ2v) is 3.43. The molecular weight excluding hydrogens is 191 g/mol. The van der Waals surface area contributed by atoms with Gasteiger partial charge in [-0.15, -0.1) is 0 Å². The maximum atomic E-state index is 12.7. The Hall–Kier alpha value is -1.90. The van der Waals surface area contributed by atoms with Gasteiger partial charge in [0.25, 0.3) is 0 Å². The van der Waals surface area contributed by atoms with Gasteiger partial charge in [0.1, 0.15) is 11.6 Å². The van der Waals surface area contributed by atoms with Crippen molar-refractivity contribution in [3.63, 3.8) is 0 Å². The molecule has 3 heteroatoms. The van der Waals surface area contributed by atoms with E-state index in [0.29, 0.717) is 5.82 Å². The highest BCUT2D eigenvalue weighted by Gasteiger charge is 2.01. The van der Waals surface area contributed by atoms with Gasteiger partial charge < -0.3 is 5.73 Å². The number of aryl methyl sites for hydroxylation is 1. The largest absolute Gasteiger partial charge is 0.383 e. The smallest absolute Gasteiger partial charge is 0.126 e. The van der Waals surface area contributed by atoms with Crippen molar-refractivity contribution in [3.05, 3.63) is 47.9 Å². The fourth-order valence-electron chi connectivity index (χ4n) is 1.39. The zero-order valence-electron chi connectivity index (χ0n) is 8.37. The fourth-order valence-corrected chi connectivity index (χ4v) is 1.39. The SMILES string of the molecule is Cc1cc(-c2ccc(F)cc2)cnc1N. The highest BCUT2D eigenvalue weighted by Crippen LogP contribution is 2.21. The molecule has 0 unspecified atom stereocenters. The normalized spacial score (nSPS) is 10.3. The van der Waals surface area contributed by atoms with Crippen LogP contribution in [0.2, 0.25) is 0 Å². The van der Waals surface area contributed by atoms with Crippen LogP contribution < -0.4 is 5.73 Å². The minimum atomic E-state index is -0.237. The summed E-state index contributed by atoms with van der Waals surface area (Å²) < 4.78 is 12.7. The molecule has 2 rings (SSSR count). The van der Waals surface area contributed by atoms with Gasteiger partial charge in [-0.3, -0.25) is 0 Å². The van der Waals surface area contributed by atoms with Crippen LogP contribution in [0.15, 0.2) is 36.5 Å². The number of benzene rings is 1. The lowest BCUT2D eigenvalue weighted by Gasteiger charge is -2.04. The summed E-state index contributed by atoms with van der Waals surface area (Å²) in [4.78, 5) is 4.06. The first kappa shape index (κ1) is 9.65. The van der Waals surface area contributed by atoms with Crippen molar-refractivity contribution >= 4 is 5.82 Å². The third kappa shape index (κ3) is 1.96. The van der Waals surface area contributed by atoms with E-state index in [4.69, 9.17) is 5.73 Å². The summed E-state index contributed by atoms with van der Waals surface area (Å²) in [7, 11) is 0. The average molecular weight is 202 g/mol. The Balaban J connectivity index is 2.45. The van der Waals surface area contributed by atoms with E-state index < -0.39 is 0 Å². The van der Waals surface area contributed by atoms with Crippen molar-refractivity contribution in [2.24, 2.45) is 0 Å². The number of nitrogens with two attached hydrogens (primary N) is 1. The van der Waals surface area contributed by atoms with Crippen LogP contribution in [0.4, 0.5) is 10.2 Å². The molecule has 0 aliphatic heterocycles. The van der Waals surface area contributed by atoms with E-state index in [1.807, 2.05) is 13.0 Å². The second kappa shape index (κ2) is 3.69. The molecule has 0 aliphatic rings. The van der Waals surface area contributed by atoms with Gasteiger partial charge in [0.15, 0.2) is 0 Å². The van der Waals surface area contributed by atoms with E-state index in [1.165, 1.54) is 12.1 Å². The molecule has 0 amide bonds. The zero-order valence-corrected chi connectivity index (χ0v) is 8.37. The van der Waals surface area contributed by atoms with Gasteiger partial charge in [0.2, 0.25) is 0 Å². The summed E-state index contributed by atoms with van der Waals surface area (Å²) in [5.41, 5.74) is 8.43. The maximum absolute atomic E-state index is 12.7. The molecule has 0 saturated heterocycles. The van der Waals surface area contributed by atoms with Gasteiger partial charge in [-0.25, -0.2) is 9.37 Å². The number of halogens is 1. The summed E-state index contributed by atoms with van der Waals surface area (Å²) in [6.07, 6.45) is 1.69. The Morgan fingerprint density at radius 1 is 1.13 bits per heavy atom. The van der Waals surface area contributed by atoms with E-state index in [0.717, 1.165) is 16.7 Å². The minimum absolute atomic E-state index is 0.237. The van der Waals surface area contributed by atoms with Gasteiger partial charge in [-0.05, 0) is 36.2 Å². The number of pyridine rings is 1. The first-order chi connectivity index (χ1) is 7.16. The summed E-state index contributed by atoms with van der Waals surface area (Å²) in [6, 6.07) is 8.25. The van der Waals surface area contributed by atoms with Crippen molar-refractivity contribution < 1.29 is 4.39 Å². The van der Waals surface area contributed by atoms with Crippen LogP contribution in [-0.2, 0) is 0 Å². The standard InChI is InChI=1S/C12H11FN2/c1-8-6-10(7-15-12(8)14)9-2-4-11(13)5-3-9/h2-7H,1H3,(H2,14,15). The van der Waals surface area contributed by atoms with Crippen molar-refractivity contribution in [2.45, 2.75) is 6.92 Å². The van der Waals surface area contributed by atoms with Crippen LogP contribution in [0.25, 0.3) is 11.1 Å². The molecule has 1 aromatic heterocycles. The fraction of sp³-hybridized carbons (Fsp3) is 0.0833. The summed E-state index contributed by atoms with van der Waals surface area (Å²) in [5, 5.41) is 0. The van der Waals surface area contributed by atoms with Crippen molar-refractivity contribution in [1.29, 1.82) is 0 Å². The van der Waals surface area contributed by atoms with Crippen LogP contribution in [0.1, 0.15) is 5.56 Å². The number of aromatic nitrogens is 1. The van der Waals surface area contributed by atoms with Gasteiger partial charge in [0, 0.05) is 11.8 Å². The third-order valence-electron chi connectivity index (χ3n) is 2.30. The molecule has 0 radical (unpaired) electrons. The van der Waals surface area contributed by atoms with Gasteiger partial charge in [-0.2, -0.15) is 0 Å². The van der Waals surface area contributed by atoms with E-state index in [1.54, 1.807) is 18.3 Å². The number of rotatable bonds is 1. The molecule has 2 N–H and O–H groups in total. The lowest BCUT2D eigenvalue weighted by molar-refractivity contribution is 0.628. The number of anilines is 1. The number of hydrogen-bond acceptors (Lipinski definition) is 2. The highest BCUT2D eigenvalue weighted by molar-refractivity contribution is 5.64. The second-order valence-electron chi connectivity index (χ2n) is 3.43. The van der Waals surface area contributed by atoms with Crippen LogP contribution in [0.3, 0.4) is 0 Å². The van der Waals surface area contributed by atoms with Gasteiger partial charge >= 0.3 is 0 Å². The van der Waals surface area contributed by atoms with Crippen LogP contribution in [0, 0.1) is 12.7 Å². The zero-order chi connectivity index (χ0) is 10.8. The van der Waals surface area contributed by atoms with Crippen molar-refractivity contribution in [2.75, 3.05) is 5.73 Å². The average Bonchev–Trinajstić information content (AvgIpc) is 2.23. The molecule has 1 heterocycles. The predicted molar refractivity (Wildman–Crippen MR) is 58.8 cm³/mol. The first-order valence-corrected chi connectivity index (χ1v) is 4.65. The molecular formula is C12H11FN2.